The number of hydrogen-bond donors (Lipinski definition) is 1. The molecule has 0 aliphatic rings. The van der Waals surface area contributed by atoms with Gasteiger partial charge in [-0.3, -0.25) is 9.48 Å². The molecule has 0 aliphatic heterocycles. The summed E-state index contributed by atoms with van der Waals surface area (Å²) in [7, 11) is 1.71. The number of nitrogens with zero attached hydrogens (tertiary/aromatic N) is 4. The minimum absolute atomic E-state index is 0.0140. The van der Waals surface area contributed by atoms with Gasteiger partial charge in [0.1, 0.15) is 0 Å². The number of aromatic nitrogens is 2. The van der Waals surface area contributed by atoms with Gasteiger partial charge in [0.25, 0.3) is 0 Å². The molecule has 1 heterocycles. The summed E-state index contributed by atoms with van der Waals surface area (Å²) in [6.45, 7) is 6.26. The number of likely N-dealkylation sites (N-methyl/N-ethyl adjacent to an activating group) is 1. The van der Waals surface area contributed by atoms with E-state index in [1.54, 1.807) is 11.9 Å². The Morgan fingerprint density at radius 1 is 1.52 bits per heavy atom. The third-order valence-electron chi connectivity index (χ3n) is 3.87. The molecule has 0 bridgehead atoms. The summed E-state index contributed by atoms with van der Waals surface area (Å²) in [4.78, 5) is 13.6. The van der Waals surface area contributed by atoms with Gasteiger partial charge in [-0.05, 0) is 32.8 Å². The van der Waals surface area contributed by atoms with Gasteiger partial charge in [0.15, 0.2) is 0 Å². The zero-order valence-electron chi connectivity index (χ0n) is 13.3. The van der Waals surface area contributed by atoms with E-state index in [1.807, 2.05) is 25.5 Å². The number of carbonyl (C=O) groups excluding carboxylic acids is 1. The van der Waals surface area contributed by atoms with E-state index in [0.717, 1.165) is 17.0 Å². The summed E-state index contributed by atoms with van der Waals surface area (Å²) in [5.74, 6) is 0.0140. The molecule has 0 saturated heterocycles. The van der Waals surface area contributed by atoms with Crippen LogP contribution in [0.1, 0.15) is 36.7 Å². The normalized spacial score (nSPS) is 12.0. The molecule has 0 aromatic carbocycles. The molecule has 0 spiro atoms. The lowest BCUT2D eigenvalue weighted by molar-refractivity contribution is -0.132. The van der Waals surface area contributed by atoms with Crippen molar-refractivity contribution < 1.29 is 9.90 Å². The van der Waals surface area contributed by atoms with E-state index in [0.29, 0.717) is 25.8 Å². The number of aliphatic hydroxyl groups excluding tert-OH is 1. The standard InChI is InChI=1S/C15H24N4O2/c1-11(10-20)18(4)15(21)7-6-14-12(2)17-19(13(14)3)9-5-8-16/h11,20H,5-7,9-10H2,1-4H3. The maximum Gasteiger partial charge on any atom is 0.222 e. The van der Waals surface area contributed by atoms with E-state index >= 15 is 0 Å². The molecule has 116 valence electrons. The zero-order valence-corrected chi connectivity index (χ0v) is 13.3. The van der Waals surface area contributed by atoms with Crippen LogP contribution in [0.15, 0.2) is 0 Å². The lowest BCUT2D eigenvalue weighted by Crippen LogP contribution is -2.37. The molecule has 0 radical (unpaired) electrons. The SMILES string of the molecule is Cc1nn(CCC#N)c(C)c1CCC(=O)N(C)C(C)CO. The van der Waals surface area contributed by atoms with Crippen molar-refractivity contribution in [2.24, 2.45) is 0 Å². The van der Waals surface area contributed by atoms with Crippen molar-refractivity contribution in [3.05, 3.63) is 17.0 Å². The minimum atomic E-state index is -0.168. The first-order valence-electron chi connectivity index (χ1n) is 7.18. The largest absolute Gasteiger partial charge is 0.394 e. The molecular weight excluding hydrogens is 268 g/mol. The van der Waals surface area contributed by atoms with Gasteiger partial charge in [-0.15, -0.1) is 0 Å². The average Bonchev–Trinajstić information content (AvgIpc) is 2.75. The third kappa shape index (κ3) is 4.30. The lowest BCUT2D eigenvalue weighted by Gasteiger charge is -2.23. The molecule has 1 unspecified atom stereocenters. The molecule has 6 heteroatoms. The van der Waals surface area contributed by atoms with E-state index < -0.39 is 0 Å². The minimum Gasteiger partial charge on any atom is -0.394 e. The second-order valence-corrected chi connectivity index (χ2v) is 5.32. The number of rotatable bonds is 7. The van der Waals surface area contributed by atoms with Gasteiger partial charge in [0.2, 0.25) is 5.91 Å². The molecule has 0 aliphatic carbocycles. The Bertz CT molecular complexity index is 531. The van der Waals surface area contributed by atoms with Gasteiger partial charge in [0, 0.05) is 19.2 Å². The van der Waals surface area contributed by atoms with Crippen LogP contribution in [-0.2, 0) is 17.8 Å². The maximum absolute atomic E-state index is 12.1. The first-order chi connectivity index (χ1) is 9.92. The highest BCUT2D eigenvalue weighted by molar-refractivity contribution is 5.76. The lowest BCUT2D eigenvalue weighted by atomic mass is 10.1. The molecular formula is C15H24N4O2. The van der Waals surface area contributed by atoms with Gasteiger partial charge in [-0.1, -0.05) is 0 Å². The van der Waals surface area contributed by atoms with Crippen LogP contribution in [0.5, 0.6) is 0 Å². The Balaban J connectivity index is 2.70. The van der Waals surface area contributed by atoms with Crippen LogP contribution in [0.4, 0.5) is 0 Å². The molecule has 1 amide bonds. The molecule has 1 rings (SSSR count). The van der Waals surface area contributed by atoms with E-state index in [-0.39, 0.29) is 18.6 Å². The number of amides is 1. The number of carbonyl (C=O) groups is 1. The van der Waals surface area contributed by atoms with Crippen molar-refractivity contribution in [3.8, 4) is 6.07 Å². The van der Waals surface area contributed by atoms with Gasteiger partial charge < -0.3 is 10.0 Å². The van der Waals surface area contributed by atoms with E-state index in [2.05, 4.69) is 11.2 Å². The quantitative estimate of drug-likeness (QED) is 0.818. The molecule has 1 aromatic rings. The highest BCUT2D eigenvalue weighted by Crippen LogP contribution is 2.16. The fraction of sp³-hybridized carbons (Fsp3) is 0.667. The fourth-order valence-corrected chi connectivity index (χ4v) is 2.25. The predicted octanol–water partition coefficient (Wildman–Crippen LogP) is 1.19. The Labute approximate surface area is 126 Å². The highest BCUT2D eigenvalue weighted by atomic mass is 16.3. The van der Waals surface area contributed by atoms with Crippen molar-refractivity contribution in [2.75, 3.05) is 13.7 Å². The second-order valence-electron chi connectivity index (χ2n) is 5.32. The molecule has 0 fully saturated rings. The van der Waals surface area contributed by atoms with Crippen LogP contribution in [0.2, 0.25) is 0 Å². The Hall–Kier alpha value is -1.87. The van der Waals surface area contributed by atoms with Gasteiger partial charge in [-0.2, -0.15) is 10.4 Å². The average molecular weight is 292 g/mol. The van der Waals surface area contributed by atoms with Crippen LogP contribution >= 0.6 is 0 Å². The van der Waals surface area contributed by atoms with Crippen LogP contribution in [0.25, 0.3) is 0 Å². The van der Waals surface area contributed by atoms with Crippen LogP contribution in [-0.4, -0.2) is 45.4 Å². The predicted molar refractivity (Wildman–Crippen MR) is 79.6 cm³/mol. The van der Waals surface area contributed by atoms with Crippen LogP contribution in [0, 0.1) is 25.2 Å². The van der Waals surface area contributed by atoms with Gasteiger partial charge in [0.05, 0.1) is 37.4 Å². The summed E-state index contributed by atoms with van der Waals surface area (Å²) < 4.78 is 1.83. The molecule has 21 heavy (non-hydrogen) atoms. The topological polar surface area (TPSA) is 82.2 Å². The molecule has 1 N–H and O–H groups in total. The Morgan fingerprint density at radius 3 is 2.76 bits per heavy atom. The smallest absolute Gasteiger partial charge is 0.222 e. The fourth-order valence-electron chi connectivity index (χ4n) is 2.25. The van der Waals surface area contributed by atoms with Crippen LogP contribution < -0.4 is 0 Å². The number of aliphatic hydroxyl groups is 1. The number of hydrogen-bond acceptors (Lipinski definition) is 4. The summed E-state index contributed by atoms with van der Waals surface area (Å²) >= 11 is 0. The van der Waals surface area contributed by atoms with Crippen molar-refractivity contribution in [2.45, 2.75) is 52.6 Å². The molecule has 1 atom stereocenters. The maximum atomic E-state index is 12.1. The van der Waals surface area contributed by atoms with Gasteiger partial charge >= 0.3 is 0 Å². The summed E-state index contributed by atoms with van der Waals surface area (Å²) in [6, 6.07) is 1.94. The molecule has 1 aromatic heterocycles. The van der Waals surface area contributed by atoms with Crippen LogP contribution in [0.3, 0.4) is 0 Å². The molecule has 0 saturated carbocycles. The van der Waals surface area contributed by atoms with Crippen molar-refractivity contribution in [1.29, 1.82) is 5.26 Å². The monoisotopic (exact) mass is 292 g/mol. The number of aryl methyl sites for hydroxylation is 2. The van der Waals surface area contributed by atoms with Gasteiger partial charge in [-0.25, -0.2) is 0 Å². The highest BCUT2D eigenvalue weighted by Gasteiger charge is 2.17. The zero-order chi connectivity index (χ0) is 16.0. The Morgan fingerprint density at radius 2 is 2.19 bits per heavy atom. The second kappa shape index (κ2) is 7.79. The summed E-state index contributed by atoms with van der Waals surface area (Å²) in [5, 5.41) is 22.1. The molecule has 6 nitrogen and oxygen atoms in total. The summed E-state index contributed by atoms with van der Waals surface area (Å²) in [6.07, 6.45) is 1.45. The van der Waals surface area contributed by atoms with Crippen molar-refractivity contribution in [3.63, 3.8) is 0 Å². The van der Waals surface area contributed by atoms with E-state index in [1.165, 1.54) is 0 Å². The van der Waals surface area contributed by atoms with Crippen molar-refractivity contribution in [1.82, 2.24) is 14.7 Å². The first-order valence-corrected chi connectivity index (χ1v) is 7.18. The Kier molecular flexibility index (Phi) is 6.38. The van der Waals surface area contributed by atoms with E-state index in [9.17, 15) is 4.79 Å². The van der Waals surface area contributed by atoms with E-state index in [4.69, 9.17) is 10.4 Å². The number of nitriles is 1. The first kappa shape index (κ1) is 17.2. The summed E-state index contributed by atoms with van der Waals surface area (Å²) in [5.41, 5.74) is 3.01. The third-order valence-corrected chi connectivity index (χ3v) is 3.87. The van der Waals surface area contributed by atoms with Crippen molar-refractivity contribution >= 4 is 5.91 Å².